The number of pyridine rings is 1. The maximum absolute atomic E-state index is 13.2. The highest BCUT2D eigenvalue weighted by molar-refractivity contribution is 5.93. The molecule has 5 aromatic carbocycles. The van der Waals surface area contributed by atoms with Gasteiger partial charge in [-0.25, -0.2) is 4.79 Å². The molecule has 4 N–H and O–H groups in total. The molecular formula is C51H54N4O7. The Kier molecular flexibility index (Phi) is 14.6. The van der Waals surface area contributed by atoms with E-state index < -0.39 is 12.2 Å². The molecule has 6 aromatic rings. The van der Waals surface area contributed by atoms with E-state index in [0.29, 0.717) is 80.1 Å². The Morgan fingerprint density at radius 3 is 2.35 bits per heavy atom. The number of hydrogen-bond acceptors (Lipinski definition) is 8. The normalized spacial score (nSPS) is 13.7. The number of carbonyl (C=O) groups is 3. The Balaban J connectivity index is 0.791. The Morgan fingerprint density at radius 2 is 1.56 bits per heavy atom. The van der Waals surface area contributed by atoms with Crippen LogP contribution < -0.4 is 15.8 Å². The number of aromatic nitrogens is 1. The summed E-state index contributed by atoms with van der Waals surface area (Å²) < 4.78 is 5.78. The van der Waals surface area contributed by atoms with Crippen molar-refractivity contribution in [2.24, 2.45) is 0 Å². The molecule has 0 radical (unpaired) electrons. The van der Waals surface area contributed by atoms with Crippen molar-refractivity contribution in [1.82, 2.24) is 9.88 Å². The number of nitrogens with zero attached hydrogens (tertiary/aromatic N) is 2. The molecule has 1 fully saturated rings. The van der Waals surface area contributed by atoms with E-state index in [9.17, 15) is 29.4 Å². The molecule has 320 valence electrons. The Bertz CT molecular complexity index is 2530. The van der Waals surface area contributed by atoms with E-state index >= 15 is 0 Å². The maximum atomic E-state index is 13.2. The summed E-state index contributed by atoms with van der Waals surface area (Å²) in [4.78, 5) is 57.3. The molecule has 1 aromatic heterocycles. The fourth-order valence-corrected chi connectivity index (χ4v) is 8.15. The second-order valence-corrected chi connectivity index (χ2v) is 16.1. The number of aromatic hydroxyl groups is 1. The number of ketones is 1. The number of nitrogens with one attached hydrogen (secondary N) is 2. The Hall–Kier alpha value is -6.56. The lowest BCUT2D eigenvalue weighted by Gasteiger charge is -2.31. The third-order valence-electron chi connectivity index (χ3n) is 11.7. The van der Waals surface area contributed by atoms with Gasteiger partial charge in [-0.2, -0.15) is 0 Å². The van der Waals surface area contributed by atoms with Crippen molar-refractivity contribution >= 4 is 40.1 Å². The summed E-state index contributed by atoms with van der Waals surface area (Å²) in [6, 6.07) is 39.6. The van der Waals surface area contributed by atoms with E-state index in [4.69, 9.17) is 4.74 Å². The van der Waals surface area contributed by atoms with Gasteiger partial charge in [0.05, 0.1) is 17.3 Å². The number of likely N-dealkylation sites (tertiary alicyclic amines) is 1. The second-order valence-electron chi connectivity index (χ2n) is 16.1. The average Bonchev–Trinajstić information content (AvgIpc) is 3.28. The van der Waals surface area contributed by atoms with Crippen LogP contribution in [0.5, 0.6) is 5.75 Å². The monoisotopic (exact) mass is 834 g/mol. The first kappa shape index (κ1) is 43.5. The average molecular weight is 835 g/mol. The third kappa shape index (κ3) is 11.6. The number of rotatable bonds is 17. The molecule has 1 aliphatic heterocycles. The number of aromatic amines is 1. The maximum Gasteiger partial charge on any atom is 0.411 e. The van der Waals surface area contributed by atoms with E-state index in [0.717, 1.165) is 53.0 Å². The fraction of sp³-hybridized carbons (Fsp3) is 0.294. The highest BCUT2D eigenvalue weighted by atomic mass is 16.6. The number of aryl methyl sites for hydroxylation is 2. The van der Waals surface area contributed by atoms with Crippen molar-refractivity contribution < 1.29 is 29.3 Å². The minimum Gasteiger partial charge on any atom is -0.506 e. The minimum absolute atomic E-state index is 0.0192. The fourth-order valence-electron chi connectivity index (χ4n) is 8.15. The van der Waals surface area contributed by atoms with E-state index in [1.807, 2.05) is 97.1 Å². The second kappa shape index (κ2) is 20.8. The van der Waals surface area contributed by atoms with Crippen molar-refractivity contribution in [2.75, 3.05) is 36.9 Å². The number of anilines is 2. The number of phenolic OH excluding ortho intramolecular Hbond substituents is 1. The lowest BCUT2D eigenvalue weighted by atomic mass is 9.96. The van der Waals surface area contributed by atoms with Gasteiger partial charge < -0.3 is 29.7 Å². The van der Waals surface area contributed by atoms with Crippen LogP contribution >= 0.6 is 0 Å². The number of H-pyrrole nitrogens is 1. The van der Waals surface area contributed by atoms with E-state index in [-0.39, 0.29) is 29.1 Å². The molecular weight excluding hydrogens is 781 g/mol. The zero-order chi connectivity index (χ0) is 43.4. The van der Waals surface area contributed by atoms with Crippen LogP contribution in [0, 0.1) is 0 Å². The Labute approximate surface area is 362 Å². The van der Waals surface area contributed by atoms with Gasteiger partial charge in [-0.1, -0.05) is 91.0 Å². The van der Waals surface area contributed by atoms with Crippen LogP contribution in [0.3, 0.4) is 0 Å². The quantitative estimate of drug-likeness (QED) is 0.0712. The molecule has 62 heavy (non-hydrogen) atoms. The van der Waals surface area contributed by atoms with Gasteiger partial charge in [-0.15, -0.1) is 0 Å². The molecule has 2 heterocycles. The SMILES string of the molecule is CN(C(=O)CCN1CCC(OC(=O)Nc2ccccc2-c2ccccc2)CC1)c1ccc(CCC(=O)Cc2cccc(CCC[C@H](O)c3ccc(O)c4[nH]c(=O)ccc34)c2)cc1. The first-order valence-electron chi connectivity index (χ1n) is 21.4. The number of ether oxygens (including phenoxy) is 1. The Morgan fingerprint density at radius 1 is 0.823 bits per heavy atom. The smallest absolute Gasteiger partial charge is 0.411 e. The van der Waals surface area contributed by atoms with Crippen molar-refractivity contribution in [3.8, 4) is 16.9 Å². The summed E-state index contributed by atoms with van der Waals surface area (Å²) in [7, 11) is 1.78. The largest absolute Gasteiger partial charge is 0.506 e. The van der Waals surface area contributed by atoms with Gasteiger partial charge in [-0.3, -0.25) is 19.7 Å². The number of benzene rings is 5. The van der Waals surface area contributed by atoms with Gasteiger partial charge in [0.25, 0.3) is 0 Å². The number of aliphatic hydroxyl groups excluding tert-OH is 1. The summed E-state index contributed by atoms with van der Waals surface area (Å²) in [5, 5.41) is 24.6. The van der Waals surface area contributed by atoms with Gasteiger partial charge in [0.2, 0.25) is 11.5 Å². The molecule has 11 heteroatoms. The van der Waals surface area contributed by atoms with Crippen LogP contribution in [0.2, 0.25) is 0 Å². The standard InChI is InChI=1S/C51H54N4O7/c1-54(49(60)29-32-55-30-27-41(28-31-55)62-51(61)52-45-15-6-5-14-42(45)38-12-3-2-4-13-38)39-20-17-35(18-21-39)19-22-40(56)34-37-11-7-9-36(33-37)10-8-16-46(57)43-23-25-47(58)50-44(43)24-26-48(59)53-50/h2-7,9,11-15,17-18,20-21,23-26,33,41,46,57-58H,8,10,16,19,22,27-32,34H2,1H3,(H,52,61)(H,53,59)/t46-/m0/s1. The summed E-state index contributed by atoms with van der Waals surface area (Å²) in [5.74, 6) is 0.130. The number of Topliss-reactive ketones (excluding diaryl/α,β-unsaturated/α-hetero) is 1. The predicted molar refractivity (Wildman–Crippen MR) is 244 cm³/mol. The van der Waals surface area contributed by atoms with Crippen LogP contribution in [-0.2, 0) is 33.6 Å². The number of carbonyl (C=O) groups excluding carboxylic acids is 3. The number of fused-ring (bicyclic) bond motifs is 1. The van der Waals surface area contributed by atoms with Gasteiger partial charge >= 0.3 is 6.09 Å². The van der Waals surface area contributed by atoms with Crippen LogP contribution in [-0.4, -0.2) is 70.7 Å². The van der Waals surface area contributed by atoms with Crippen LogP contribution in [0.4, 0.5) is 16.2 Å². The third-order valence-corrected chi connectivity index (χ3v) is 11.7. The highest BCUT2D eigenvalue weighted by Crippen LogP contribution is 2.31. The van der Waals surface area contributed by atoms with Crippen LogP contribution in [0.15, 0.2) is 132 Å². The van der Waals surface area contributed by atoms with E-state index in [1.165, 1.54) is 12.1 Å². The molecule has 0 aliphatic carbocycles. The van der Waals surface area contributed by atoms with Crippen molar-refractivity contribution in [3.05, 3.63) is 160 Å². The molecule has 1 aliphatic rings. The zero-order valence-corrected chi connectivity index (χ0v) is 35.1. The minimum atomic E-state index is -0.760. The molecule has 11 nitrogen and oxygen atoms in total. The summed E-state index contributed by atoms with van der Waals surface area (Å²) in [6.45, 7) is 2.11. The molecule has 0 spiro atoms. The number of hydrogen-bond donors (Lipinski definition) is 4. The van der Waals surface area contributed by atoms with Gasteiger partial charge in [0.15, 0.2) is 0 Å². The number of piperidine rings is 1. The van der Waals surface area contributed by atoms with Gasteiger partial charge in [0, 0.05) is 68.6 Å². The lowest BCUT2D eigenvalue weighted by Crippen LogP contribution is -2.40. The molecule has 2 amide bonds. The van der Waals surface area contributed by atoms with Crippen molar-refractivity contribution in [2.45, 2.75) is 70.0 Å². The van der Waals surface area contributed by atoms with E-state index in [2.05, 4.69) is 21.3 Å². The number of para-hydroxylation sites is 1. The summed E-state index contributed by atoms with van der Waals surface area (Å²) in [6.07, 6.45) is 3.67. The molecule has 7 rings (SSSR count). The van der Waals surface area contributed by atoms with Crippen LogP contribution in [0.25, 0.3) is 22.0 Å². The first-order valence-corrected chi connectivity index (χ1v) is 21.4. The van der Waals surface area contributed by atoms with E-state index in [1.54, 1.807) is 24.1 Å². The molecule has 1 atom stereocenters. The number of amides is 2. The van der Waals surface area contributed by atoms with Crippen LogP contribution in [0.1, 0.15) is 66.9 Å². The molecule has 0 saturated carbocycles. The van der Waals surface area contributed by atoms with Crippen molar-refractivity contribution in [3.63, 3.8) is 0 Å². The molecule has 0 bridgehead atoms. The summed E-state index contributed by atoms with van der Waals surface area (Å²) in [5.41, 5.74) is 7.18. The molecule has 1 saturated heterocycles. The predicted octanol–water partition coefficient (Wildman–Crippen LogP) is 8.77. The first-order chi connectivity index (χ1) is 30.1. The van der Waals surface area contributed by atoms with Gasteiger partial charge in [-0.05, 0) is 96.7 Å². The summed E-state index contributed by atoms with van der Waals surface area (Å²) >= 11 is 0. The number of aliphatic hydroxyl groups is 1. The number of phenols is 1. The zero-order valence-electron chi connectivity index (χ0n) is 35.1. The topological polar surface area (TPSA) is 152 Å². The highest BCUT2D eigenvalue weighted by Gasteiger charge is 2.24. The molecule has 0 unspecified atom stereocenters. The van der Waals surface area contributed by atoms with Crippen molar-refractivity contribution in [1.29, 1.82) is 0 Å². The van der Waals surface area contributed by atoms with Gasteiger partial charge in [0.1, 0.15) is 17.6 Å². The lowest BCUT2D eigenvalue weighted by molar-refractivity contribution is -0.119.